The Hall–Kier alpha value is -4.10. The topological polar surface area (TPSA) is 95.1 Å². The number of para-hydroxylation sites is 2. The lowest BCUT2D eigenvalue weighted by Gasteiger charge is -2.09. The van der Waals surface area contributed by atoms with E-state index in [0.717, 1.165) is 16.8 Å². The van der Waals surface area contributed by atoms with E-state index in [2.05, 4.69) is 5.32 Å². The Morgan fingerprint density at radius 3 is 2.33 bits per heavy atom. The minimum atomic E-state index is -0.363. The minimum Gasteiger partial charge on any atom is -0.497 e. The first-order valence-corrected chi connectivity index (χ1v) is 10.7. The van der Waals surface area contributed by atoms with Gasteiger partial charge in [-0.1, -0.05) is 35.9 Å². The number of nitrogens with zero attached hydrogens (tertiary/aromatic N) is 3. The van der Waals surface area contributed by atoms with Gasteiger partial charge in [-0.05, 0) is 54.1 Å². The number of rotatable bonds is 5. The Bertz CT molecular complexity index is 1480. The van der Waals surface area contributed by atoms with Crippen molar-refractivity contribution in [3.63, 3.8) is 0 Å². The molecule has 0 aliphatic rings. The highest BCUT2D eigenvalue weighted by Crippen LogP contribution is 2.30. The molecule has 0 saturated carbocycles. The molecular formula is C25H20ClN5O2. The van der Waals surface area contributed by atoms with E-state index in [9.17, 15) is 4.79 Å². The fourth-order valence-corrected chi connectivity index (χ4v) is 3.87. The summed E-state index contributed by atoms with van der Waals surface area (Å²) in [4.78, 5) is 22.8. The number of carbonyl (C=O) groups is 1. The van der Waals surface area contributed by atoms with Gasteiger partial charge in [-0.25, -0.2) is 9.97 Å². The molecule has 8 heteroatoms. The number of nitrogens with one attached hydrogen (secondary N) is 1. The molecule has 0 spiro atoms. The van der Waals surface area contributed by atoms with Crippen LogP contribution in [0.15, 0.2) is 72.8 Å². The normalized spacial score (nSPS) is 11.1. The number of hydrogen-bond donors (Lipinski definition) is 2. The molecule has 2 heterocycles. The number of fused-ring (bicyclic) bond motifs is 2. The summed E-state index contributed by atoms with van der Waals surface area (Å²) in [5.74, 6) is 0.693. The molecule has 0 aliphatic carbocycles. The number of methoxy groups -OCH3 is 1. The van der Waals surface area contributed by atoms with Crippen molar-refractivity contribution in [3.8, 4) is 5.75 Å². The van der Waals surface area contributed by atoms with Crippen LogP contribution >= 0.6 is 11.6 Å². The summed E-state index contributed by atoms with van der Waals surface area (Å²) in [6.45, 7) is 0.424. The third-order valence-electron chi connectivity index (χ3n) is 5.42. The van der Waals surface area contributed by atoms with Crippen LogP contribution < -0.4 is 15.8 Å². The van der Waals surface area contributed by atoms with Gasteiger partial charge in [-0.3, -0.25) is 4.79 Å². The van der Waals surface area contributed by atoms with E-state index in [1.165, 1.54) is 0 Å². The summed E-state index contributed by atoms with van der Waals surface area (Å²) in [5, 5.41) is 3.47. The summed E-state index contributed by atoms with van der Waals surface area (Å²) in [6.07, 6.45) is 0. The van der Waals surface area contributed by atoms with E-state index >= 15 is 0 Å². The monoisotopic (exact) mass is 457 g/mol. The van der Waals surface area contributed by atoms with Crippen LogP contribution in [0, 0.1) is 0 Å². The summed E-state index contributed by atoms with van der Waals surface area (Å²) >= 11 is 5.96. The third-order valence-corrected chi connectivity index (χ3v) is 5.67. The Kier molecular flexibility index (Phi) is 5.32. The van der Waals surface area contributed by atoms with E-state index in [4.69, 9.17) is 32.0 Å². The first-order valence-electron chi connectivity index (χ1n) is 10.3. The van der Waals surface area contributed by atoms with Crippen LogP contribution in [0.2, 0.25) is 5.02 Å². The van der Waals surface area contributed by atoms with Crippen LogP contribution in [0.25, 0.3) is 22.2 Å². The lowest BCUT2D eigenvalue weighted by Crippen LogP contribution is -2.15. The molecule has 0 atom stereocenters. The van der Waals surface area contributed by atoms with Crippen LogP contribution in [-0.2, 0) is 6.54 Å². The van der Waals surface area contributed by atoms with Gasteiger partial charge >= 0.3 is 0 Å². The zero-order valence-corrected chi connectivity index (χ0v) is 18.5. The first kappa shape index (κ1) is 20.8. The smallest absolute Gasteiger partial charge is 0.261 e. The van der Waals surface area contributed by atoms with Crippen molar-refractivity contribution in [1.82, 2.24) is 14.5 Å². The van der Waals surface area contributed by atoms with E-state index in [1.807, 2.05) is 53.1 Å². The molecule has 3 N–H and O–H groups in total. The van der Waals surface area contributed by atoms with Gasteiger partial charge in [0.25, 0.3) is 5.91 Å². The van der Waals surface area contributed by atoms with Crippen molar-refractivity contribution in [2.24, 2.45) is 0 Å². The molecule has 2 aromatic heterocycles. The number of amides is 1. The number of anilines is 2. The van der Waals surface area contributed by atoms with Crippen LogP contribution in [0.3, 0.4) is 0 Å². The predicted octanol–water partition coefficient (Wildman–Crippen LogP) is 5.13. The second kappa shape index (κ2) is 8.44. The molecule has 0 radical (unpaired) electrons. The van der Waals surface area contributed by atoms with Gasteiger partial charge in [0.2, 0.25) is 0 Å². The van der Waals surface area contributed by atoms with Gasteiger partial charge in [0.1, 0.15) is 22.6 Å². The molecule has 33 heavy (non-hydrogen) atoms. The van der Waals surface area contributed by atoms with Crippen molar-refractivity contribution in [3.05, 3.63) is 88.9 Å². The van der Waals surface area contributed by atoms with Crippen molar-refractivity contribution in [2.75, 3.05) is 18.2 Å². The maximum Gasteiger partial charge on any atom is 0.261 e. The summed E-state index contributed by atoms with van der Waals surface area (Å²) in [5.41, 5.74) is 10.8. The maximum atomic E-state index is 13.3. The van der Waals surface area contributed by atoms with E-state index in [-0.39, 0.29) is 11.5 Å². The molecular weight excluding hydrogens is 438 g/mol. The summed E-state index contributed by atoms with van der Waals surface area (Å²) in [6, 6.07) is 22.1. The Morgan fingerprint density at radius 2 is 1.67 bits per heavy atom. The maximum absolute atomic E-state index is 13.3. The average molecular weight is 458 g/mol. The van der Waals surface area contributed by atoms with Crippen molar-refractivity contribution < 1.29 is 9.53 Å². The fraction of sp³-hybridized carbons (Fsp3) is 0.0800. The zero-order chi connectivity index (χ0) is 22.9. The molecule has 1 amide bonds. The lowest BCUT2D eigenvalue weighted by atomic mass is 10.2. The van der Waals surface area contributed by atoms with E-state index in [0.29, 0.717) is 39.8 Å². The Morgan fingerprint density at radius 1 is 1.00 bits per heavy atom. The summed E-state index contributed by atoms with van der Waals surface area (Å²) < 4.78 is 7.06. The van der Waals surface area contributed by atoms with Crippen LogP contribution in [0.1, 0.15) is 15.9 Å². The molecule has 3 aromatic carbocycles. The van der Waals surface area contributed by atoms with Gasteiger partial charge in [-0.15, -0.1) is 0 Å². The molecule has 5 rings (SSSR count). The molecule has 0 unspecified atom stereocenters. The van der Waals surface area contributed by atoms with Crippen LogP contribution in [-0.4, -0.2) is 27.6 Å². The molecule has 7 nitrogen and oxygen atoms in total. The average Bonchev–Trinajstić information content (AvgIpc) is 3.10. The fourth-order valence-electron chi connectivity index (χ4n) is 3.74. The zero-order valence-electron chi connectivity index (χ0n) is 17.7. The number of carbonyl (C=O) groups excluding carboxylic acids is 1. The third kappa shape index (κ3) is 3.94. The lowest BCUT2D eigenvalue weighted by molar-refractivity contribution is 0.102. The number of nitrogens with two attached hydrogens (primary N) is 1. The summed E-state index contributed by atoms with van der Waals surface area (Å²) in [7, 11) is 1.62. The molecule has 0 aliphatic heterocycles. The number of aromatic nitrogens is 3. The standard InChI is InChI=1S/C25H20ClN5O2/c1-33-18-12-6-15(7-13-18)14-31-23(27)21(25(32)28-17-10-8-16(26)9-11-17)22-24(31)30-20-5-3-2-4-19(20)29-22/h2-13H,14,27H2,1H3,(H,28,32). The number of hydrogen-bond acceptors (Lipinski definition) is 5. The van der Waals surface area contributed by atoms with Gasteiger partial charge in [0.15, 0.2) is 5.65 Å². The minimum absolute atomic E-state index is 0.284. The Labute approximate surface area is 194 Å². The first-order chi connectivity index (χ1) is 16.0. The largest absolute Gasteiger partial charge is 0.497 e. The van der Waals surface area contributed by atoms with Crippen LogP contribution in [0.5, 0.6) is 5.75 Å². The van der Waals surface area contributed by atoms with Crippen LogP contribution in [0.4, 0.5) is 11.5 Å². The molecule has 164 valence electrons. The van der Waals surface area contributed by atoms with Gasteiger partial charge in [0, 0.05) is 10.7 Å². The molecule has 0 bridgehead atoms. The highest BCUT2D eigenvalue weighted by atomic mass is 35.5. The van der Waals surface area contributed by atoms with Gasteiger partial charge in [-0.2, -0.15) is 0 Å². The van der Waals surface area contributed by atoms with Crippen molar-refractivity contribution >= 4 is 51.2 Å². The van der Waals surface area contributed by atoms with E-state index < -0.39 is 0 Å². The molecule has 0 fully saturated rings. The number of nitrogen functional groups attached to an aromatic ring is 1. The Balaban J connectivity index is 1.64. The molecule has 0 saturated heterocycles. The second-order valence-electron chi connectivity index (χ2n) is 7.54. The quantitative estimate of drug-likeness (QED) is 0.381. The SMILES string of the molecule is COc1ccc(Cn2c(N)c(C(=O)Nc3ccc(Cl)cc3)c3nc4ccccc4nc32)cc1. The number of benzene rings is 3. The molecule has 5 aromatic rings. The van der Waals surface area contributed by atoms with E-state index in [1.54, 1.807) is 31.4 Å². The highest BCUT2D eigenvalue weighted by Gasteiger charge is 2.24. The number of ether oxygens (including phenoxy) is 1. The van der Waals surface area contributed by atoms with Gasteiger partial charge < -0.3 is 20.4 Å². The van der Waals surface area contributed by atoms with Crippen molar-refractivity contribution in [2.45, 2.75) is 6.54 Å². The second-order valence-corrected chi connectivity index (χ2v) is 7.98. The highest BCUT2D eigenvalue weighted by molar-refractivity contribution is 6.30. The predicted molar refractivity (Wildman–Crippen MR) is 131 cm³/mol. The number of halogens is 1. The van der Waals surface area contributed by atoms with Crippen molar-refractivity contribution in [1.29, 1.82) is 0 Å². The van der Waals surface area contributed by atoms with Gasteiger partial charge in [0.05, 0.1) is 24.7 Å².